The lowest BCUT2D eigenvalue weighted by Gasteiger charge is -2.18. The Balaban J connectivity index is 1.59. The minimum Gasteiger partial charge on any atom is -0.364 e. The van der Waals surface area contributed by atoms with Crippen molar-refractivity contribution in [3.8, 4) is 0 Å². The van der Waals surface area contributed by atoms with Crippen LogP contribution in [0.15, 0.2) is 4.99 Å². The first-order valence-electron chi connectivity index (χ1n) is 6.50. The third kappa shape index (κ3) is 3.39. The van der Waals surface area contributed by atoms with Crippen molar-refractivity contribution in [2.24, 2.45) is 10.9 Å². The molecule has 0 radical (unpaired) electrons. The Morgan fingerprint density at radius 3 is 2.75 bits per heavy atom. The van der Waals surface area contributed by atoms with E-state index in [1.165, 1.54) is 18.0 Å². The third-order valence-electron chi connectivity index (χ3n) is 3.42. The van der Waals surface area contributed by atoms with E-state index in [9.17, 15) is 0 Å². The average Bonchev–Trinajstić information content (AvgIpc) is 3.05. The normalized spacial score (nSPS) is 24.9. The van der Waals surface area contributed by atoms with Crippen molar-refractivity contribution in [2.75, 3.05) is 32.7 Å². The Kier molecular flexibility index (Phi) is 4.53. The minimum atomic E-state index is 0.788. The van der Waals surface area contributed by atoms with Crippen molar-refractivity contribution in [1.82, 2.24) is 10.2 Å². The van der Waals surface area contributed by atoms with Crippen LogP contribution in [0, 0.1) is 5.92 Å². The Hall–Kier alpha value is -0.220. The van der Waals surface area contributed by atoms with Crippen molar-refractivity contribution in [2.45, 2.75) is 31.9 Å². The molecule has 92 valence electrons. The lowest BCUT2D eigenvalue weighted by Crippen LogP contribution is -2.33. The highest BCUT2D eigenvalue weighted by Crippen LogP contribution is 2.41. The van der Waals surface area contributed by atoms with Crippen molar-refractivity contribution in [3.05, 3.63) is 0 Å². The number of nitrogens with one attached hydrogen (secondary N) is 1. The van der Waals surface area contributed by atoms with E-state index >= 15 is 0 Å². The molecular weight excluding hydrogens is 218 g/mol. The molecule has 1 unspecified atom stereocenters. The molecule has 0 aromatic heterocycles. The summed E-state index contributed by atoms with van der Waals surface area (Å²) in [6.45, 7) is 9.92. The van der Waals surface area contributed by atoms with Crippen molar-refractivity contribution < 1.29 is 0 Å². The van der Waals surface area contributed by atoms with Crippen LogP contribution in [0.5, 0.6) is 0 Å². The fourth-order valence-corrected chi connectivity index (χ4v) is 3.30. The first-order chi connectivity index (χ1) is 7.83. The van der Waals surface area contributed by atoms with Crippen LogP contribution in [-0.4, -0.2) is 48.0 Å². The van der Waals surface area contributed by atoms with Gasteiger partial charge < -0.3 is 10.2 Å². The molecule has 0 aromatic carbocycles. The molecule has 1 heterocycles. The van der Waals surface area contributed by atoms with Gasteiger partial charge in [0.1, 0.15) is 0 Å². The largest absolute Gasteiger partial charge is 0.364 e. The standard InChI is InChI=1S/C12H23N3S/c1-3-15(4-2)8-7-13-12-14-9-11(16-12)10-5-6-10/h10-11H,3-9H2,1-2H3,(H,13,14). The smallest absolute Gasteiger partial charge is 0.156 e. The molecule has 2 aliphatic rings. The fourth-order valence-electron chi connectivity index (χ4n) is 2.06. The van der Waals surface area contributed by atoms with E-state index in [1.807, 2.05) is 11.8 Å². The lowest BCUT2D eigenvalue weighted by atomic mass is 10.3. The minimum absolute atomic E-state index is 0.788. The second-order valence-corrected chi connectivity index (χ2v) is 5.82. The zero-order valence-corrected chi connectivity index (χ0v) is 11.2. The van der Waals surface area contributed by atoms with E-state index < -0.39 is 0 Å². The highest BCUT2D eigenvalue weighted by molar-refractivity contribution is 8.14. The number of thioether (sulfide) groups is 1. The second kappa shape index (κ2) is 5.92. The molecule has 1 aliphatic heterocycles. The topological polar surface area (TPSA) is 27.6 Å². The lowest BCUT2D eigenvalue weighted by molar-refractivity contribution is 0.309. The van der Waals surface area contributed by atoms with Crippen molar-refractivity contribution in [1.29, 1.82) is 0 Å². The van der Waals surface area contributed by atoms with Gasteiger partial charge in [0.05, 0.1) is 6.54 Å². The van der Waals surface area contributed by atoms with Crippen LogP contribution in [0.4, 0.5) is 0 Å². The van der Waals surface area contributed by atoms with Crippen molar-refractivity contribution >= 4 is 16.9 Å². The van der Waals surface area contributed by atoms with E-state index in [1.54, 1.807) is 0 Å². The summed E-state index contributed by atoms with van der Waals surface area (Å²) in [7, 11) is 0. The van der Waals surface area contributed by atoms with Gasteiger partial charge in [-0.25, -0.2) is 0 Å². The molecule has 1 N–H and O–H groups in total. The molecule has 1 atom stereocenters. The fraction of sp³-hybridized carbons (Fsp3) is 0.917. The van der Waals surface area contributed by atoms with E-state index in [-0.39, 0.29) is 0 Å². The summed E-state index contributed by atoms with van der Waals surface area (Å²) in [6.07, 6.45) is 2.86. The van der Waals surface area contributed by atoms with Gasteiger partial charge in [-0.3, -0.25) is 4.99 Å². The quantitative estimate of drug-likeness (QED) is 0.768. The summed E-state index contributed by atoms with van der Waals surface area (Å²) in [6, 6.07) is 0. The predicted molar refractivity (Wildman–Crippen MR) is 72.2 cm³/mol. The molecule has 0 amide bonds. The van der Waals surface area contributed by atoms with Crippen LogP contribution in [0.1, 0.15) is 26.7 Å². The summed E-state index contributed by atoms with van der Waals surface area (Å²) >= 11 is 1.97. The van der Waals surface area contributed by atoms with Crippen LogP contribution in [-0.2, 0) is 0 Å². The van der Waals surface area contributed by atoms with Gasteiger partial charge in [-0.2, -0.15) is 0 Å². The Labute approximate surface area is 103 Å². The van der Waals surface area contributed by atoms with Crippen molar-refractivity contribution in [3.63, 3.8) is 0 Å². The zero-order chi connectivity index (χ0) is 11.4. The monoisotopic (exact) mass is 241 g/mol. The Bertz CT molecular complexity index is 247. The SMILES string of the molecule is CCN(CC)CCNC1=NCC(C2CC2)S1. The number of hydrogen-bond acceptors (Lipinski definition) is 4. The molecule has 1 aliphatic carbocycles. The number of rotatable bonds is 6. The average molecular weight is 241 g/mol. The highest BCUT2D eigenvalue weighted by Gasteiger charge is 2.35. The van der Waals surface area contributed by atoms with Gasteiger partial charge in [-0.1, -0.05) is 25.6 Å². The molecule has 0 spiro atoms. The van der Waals surface area contributed by atoms with Crippen LogP contribution < -0.4 is 5.32 Å². The van der Waals surface area contributed by atoms with Gasteiger partial charge in [0, 0.05) is 18.3 Å². The van der Waals surface area contributed by atoms with E-state index in [4.69, 9.17) is 0 Å². The van der Waals surface area contributed by atoms with Crippen LogP contribution in [0.3, 0.4) is 0 Å². The Morgan fingerprint density at radius 2 is 2.12 bits per heavy atom. The number of likely N-dealkylation sites (N-methyl/N-ethyl adjacent to an activating group) is 1. The molecule has 16 heavy (non-hydrogen) atoms. The Morgan fingerprint density at radius 1 is 1.38 bits per heavy atom. The van der Waals surface area contributed by atoms with Gasteiger partial charge in [0.25, 0.3) is 0 Å². The van der Waals surface area contributed by atoms with Crippen LogP contribution in [0.2, 0.25) is 0 Å². The van der Waals surface area contributed by atoms with Gasteiger partial charge in [0.2, 0.25) is 0 Å². The van der Waals surface area contributed by atoms with E-state index in [0.29, 0.717) is 0 Å². The first kappa shape index (κ1) is 12.2. The molecule has 0 bridgehead atoms. The molecule has 4 heteroatoms. The van der Waals surface area contributed by atoms with Crippen LogP contribution in [0.25, 0.3) is 0 Å². The van der Waals surface area contributed by atoms with E-state index in [0.717, 1.165) is 43.9 Å². The number of amidine groups is 1. The van der Waals surface area contributed by atoms with Gasteiger partial charge >= 0.3 is 0 Å². The summed E-state index contributed by atoms with van der Waals surface area (Å²) < 4.78 is 0. The van der Waals surface area contributed by atoms with Gasteiger partial charge in [0.15, 0.2) is 5.17 Å². The summed E-state index contributed by atoms with van der Waals surface area (Å²) in [5.41, 5.74) is 0. The highest BCUT2D eigenvalue weighted by atomic mass is 32.2. The zero-order valence-electron chi connectivity index (χ0n) is 10.4. The molecule has 1 fully saturated rings. The maximum atomic E-state index is 4.58. The second-order valence-electron chi connectivity index (χ2n) is 4.59. The molecule has 1 saturated carbocycles. The molecular formula is C12H23N3S. The molecule has 2 rings (SSSR count). The molecule has 0 aromatic rings. The van der Waals surface area contributed by atoms with Gasteiger partial charge in [-0.05, 0) is 31.8 Å². The maximum Gasteiger partial charge on any atom is 0.156 e. The summed E-state index contributed by atoms with van der Waals surface area (Å²) in [4.78, 5) is 7.01. The number of aliphatic imine (C=N–C) groups is 1. The summed E-state index contributed by atoms with van der Waals surface area (Å²) in [5.74, 6) is 0.968. The van der Waals surface area contributed by atoms with Gasteiger partial charge in [-0.15, -0.1) is 0 Å². The molecule has 3 nitrogen and oxygen atoms in total. The predicted octanol–water partition coefficient (Wildman–Crippen LogP) is 1.80. The molecule has 0 saturated heterocycles. The summed E-state index contributed by atoms with van der Waals surface area (Å²) in [5, 5.41) is 5.44. The first-order valence-corrected chi connectivity index (χ1v) is 7.38. The third-order valence-corrected chi connectivity index (χ3v) is 4.76. The van der Waals surface area contributed by atoms with Crippen LogP contribution >= 0.6 is 11.8 Å². The number of hydrogen-bond donors (Lipinski definition) is 1. The maximum absolute atomic E-state index is 4.58. The van der Waals surface area contributed by atoms with E-state index in [2.05, 4.69) is 29.1 Å². The number of nitrogens with zero attached hydrogens (tertiary/aromatic N) is 2.